The molecular weight excluding hydrogens is 302 g/mol. The molecule has 1 saturated heterocycles. The molecule has 2 heterocycles. The second-order valence-electron chi connectivity index (χ2n) is 6.15. The molecule has 24 heavy (non-hydrogen) atoms. The molecule has 1 fully saturated rings. The fourth-order valence-electron chi connectivity index (χ4n) is 3.02. The van der Waals surface area contributed by atoms with E-state index >= 15 is 0 Å². The molecule has 5 nitrogen and oxygen atoms in total. The molecule has 5 heteroatoms. The number of benzene rings is 1. The van der Waals surface area contributed by atoms with Crippen molar-refractivity contribution in [1.82, 2.24) is 15.1 Å². The zero-order chi connectivity index (χ0) is 16.8. The molecule has 1 aliphatic heterocycles. The third kappa shape index (κ3) is 4.17. The molecule has 126 valence electrons. The van der Waals surface area contributed by atoms with Crippen LogP contribution in [0.1, 0.15) is 34.5 Å². The maximum atomic E-state index is 12.5. The van der Waals surface area contributed by atoms with Gasteiger partial charge in [-0.05, 0) is 37.8 Å². The van der Waals surface area contributed by atoms with Crippen LogP contribution in [-0.4, -0.2) is 46.8 Å². The van der Waals surface area contributed by atoms with Crippen molar-refractivity contribution in [3.05, 3.63) is 59.4 Å². The normalized spacial score (nSPS) is 17.2. The van der Waals surface area contributed by atoms with Crippen LogP contribution < -0.4 is 0 Å². The summed E-state index contributed by atoms with van der Waals surface area (Å²) in [5, 5.41) is 7.75. The lowest BCUT2D eigenvalue weighted by atomic mass is 10.1. The van der Waals surface area contributed by atoms with E-state index < -0.39 is 0 Å². The van der Waals surface area contributed by atoms with Gasteiger partial charge in [0.15, 0.2) is 0 Å². The van der Waals surface area contributed by atoms with Gasteiger partial charge in [0.25, 0.3) is 5.91 Å². The van der Waals surface area contributed by atoms with Crippen LogP contribution in [0.4, 0.5) is 0 Å². The fourth-order valence-corrected chi connectivity index (χ4v) is 3.02. The lowest BCUT2D eigenvalue weighted by Crippen LogP contribution is -2.31. The molecular formula is C19H23N3O2. The van der Waals surface area contributed by atoms with Gasteiger partial charge < -0.3 is 9.64 Å². The van der Waals surface area contributed by atoms with Crippen molar-refractivity contribution in [3.63, 3.8) is 0 Å². The molecule has 1 aliphatic rings. The van der Waals surface area contributed by atoms with Crippen LogP contribution in [0.25, 0.3) is 0 Å². The number of aromatic nitrogens is 2. The predicted molar refractivity (Wildman–Crippen MR) is 91.8 cm³/mol. The van der Waals surface area contributed by atoms with Gasteiger partial charge in [0.2, 0.25) is 0 Å². The van der Waals surface area contributed by atoms with Gasteiger partial charge in [-0.15, -0.1) is 0 Å². The second kappa shape index (κ2) is 8.02. The van der Waals surface area contributed by atoms with Gasteiger partial charge in [0.1, 0.15) is 0 Å². The number of likely N-dealkylation sites (tertiary alicyclic amines) is 1. The van der Waals surface area contributed by atoms with E-state index in [-0.39, 0.29) is 12.0 Å². The number of hydrogen-bond donors (Lipinski definition) is 0. The van der Waals surface area contributed by atoms with Crippen LogP contribution in [-0.2, 0) is 11.2 Å². The molecule has 1 atom stereocenters. The molecule has 0 saturated carbocycles. The molecule has 2 aromatic rings. The van der Waals surface area contributed by atoms with Gasteiger partial charge >= 0.3 is 0 Å². The number of hydrogen-bond acceptors (Lipinski definition) is 4. The number of aryl methyl sites for hydroxylation is 2. The Morgan fingerprint density at radius 2 is 2.12 bits per heavy atom. The molecule has 0 radical (unpaired) electrons. The standard InChI is InChI=1S/C19H23N3O2/c1-15-18(9-11-20-21-15)19(23)22-12-10-17(14-22)24-13-5-8-16-6-3-2-4-7-16/h2-4,6-7,9,11,17H,5,8,10,12-14H2,1H3/t17-/m0/s1. The average Bonchev–Trinajstić information content (AvgIpc) is 3.08. The van der Waals surface area contributed by atoms with Gasteiger partial charge in [0, 0.05) is 19.7 Å². The highest BCUT2D eigenvalue weighted by atomic mass is 16.5. The Bertz CT molecular complexity index is 675. The maximum Gasteiger partial charge on any atom is 0.255 e. The van der Waals surface area contributed by atoms with Crippen molar-refractivity contribution < 1.29 is 9.53 Å². The van der Waals surface area contributed by atoms with Crippen LogP contribution in [0, 0.1) is 6.92 Å². The highest BCUT2D eigenvalue weighted by Gasteiger charge is 2.28. The maximum absolute atomic E-state index is 12.5. The number of amides is 1. The molecule has 0 aliphatic carbocycles. The summed E-state index contributed by atoms with van der Waals surface area (Å²) in [6, 6.07) is 12.2. The van der Waals surface area contributed by atoms with Crippen molar-refractivity contribution in [3.8, 4) is 0 Å². The number of nitrogens with zero attached hydrogens (tertiary/aromatic N) is 3. The molecule has 0 unspecified atom stereocenters. The Balaban J connectivity index is 1.42. The quantitative estimate of drug-likeness (QED) is 0.766. The molecule has 0 spiro atoms. The van der Waals surface area contributed by atoms with Crippen molar-refractivity contribution in [2.45, 2.75) is 32.3 Å². The highest BCUT2D eigenvalue weighted by Crippen LogP contribution is 2.17. The molecule has 1 aromatic carbocycles. The second-order valence-corrected chi connectivity index (χ2v) is 6.15. The Kier molecular flexibility index (Phi) is 5.54. The zero-order valence-electron chi connectivity index (χ0n) is 14.0. The summed E-state index contributed by atoms with van der Waals surface area (Å²) < 4.78 is 5.95. The molecule has 3 rings (SSSR count). The van der Waals surface area contributed by atoms with Crippen LogP contribution >= 0.6 is 0 Å². The number of carbonyl (C=O) groups excluding carboxylic acids is 1. The first-order valence-corrected chi connectivity index (χ1v) is 8.47. The molecule has 0 N–H and O–H groups in total. The van der Waals surface area contributed by atoms with Crippen LogP contribution in [0.2, 0.25) is 0 Å². The van der Waals surface area contributed by atoms with E-state index in [4.69, 9.17) is 4.74 Å². The first kappa shape index (κ1) is 16.6. The predicted octanol–water partition coefficient (Wildman–Crippen LogP) is 2.65. The summed E-state index contributed by atoms with van der Waals surface area (Å²) in [7, 11) is 0. The minimum absolute atomic E-state index is 0.0257. The number of rotatable bonds is 6. The summed E-state index contributed by atoms with van der Waals surface area (Å²) >= 11 is 0. The van der Waals surface area contributed by atoms with Crippen LogP contribution in [0.5, 0.6) is 0 Å². The van der Waals surface area contributed by atoms with Crippen molar-refractivity contribution in [2.24, 2.45) is 0 Å². The minimum atomic E-state index is 0.0257. The number of carbonyl (C=O) groups is 1. The average molecular weight is 325 g/mol. The highest BCUT2D eigenvalue weighted by molar-refractivity contribution is 5.95. The minimum Gasteiger partial charge on any atom is -0.376 e. The topological polar surface area (TPSA) is 55.3 Å². The Hall–Kier alpha value is -2.27. The van der Waals surface area contributed by atoms with Gasteiger partial charge in [-0.3, -0.25) is 4.79 Å². The Morgan fingerprint density at radius 1 is 1.29 bits per heavy atom. The van der Waals surface area contributed by atoms with E-state index in [0.29, 0.717) is 17.8 Å². The molecule has 1 aromatic heterocycles. The van der Waals surface area contributed by atoms with Crippen molar-refractivity contribution in [1.29, 1.82) is 0 Å². The van der Waals surface area contributed by atoms with E-state index in [9.17, 15) is 4.79 Å². The number of ether oxygens (including phenoxy) is 1. The van der Waals surface area contributed by atoms with Gasteiger partial charge in [-0.2, -0.15) is 10.2 Å². The first-order valence-electron chi connectivity index (χ1n) is 8.47. The fraction of sp³-hybridized carbons (Fsp3) is 0.421. The summed E-state index contributed by atoms with van der Waals surface area (Å²) in [4.78, 5) is 14.4. The SMILES string of the molecule is Cc1nnccc1C(=O)N1CC[C@H](OCCCc2ccccc2)C1. The van der Waals surface area contributed by atoms with Crippen LogP contribution in [0.15, 0.2) is 42.6 Å². The zero-order valence-corrected chi connectivity index (χ0v) is 14.0. The third-order valence-corrected chi connectivity index (χ3v) is 4.37. The smallest absolute Gasteiger partial charge is 0.255 e. The molecule has 1 amide bonds. The van der Waals surface area contributed by atoms with Gasteiger partial charge in [0.05, 0.1) is 23.6 Å². The largest absolute Gasteiger partial charge is 0.376 e. The first-order chi connectivity index (χ1) is 11.7. The summed E-state index contributed by atoms with van der Waals surface area (Å²) in [5.74, 6) is 0.0257. The lowest BCUT2D eigenvalue weighted by molar-refractivity contribution is 0.0524. The van der Waals surface area contributed by atoms with Gasteiger partial charge in [-0.1, -0.05) is 30.3 Å². The lowest BCUT2D eigenvalue weighted by Gasteiger charge is -2.17. The van der Waals surface area contributed by atoms with Gasteiger partial charge in [-0.25, -0.2) is 0 Å². The summed E-state index contributed by atoms with van der Waals surface area (Å²) in [5.41, 5.74) is 2.65. The summed E-state index contributed by atoms with van der Waals surface area (Å²) in [6.07, 6.45) is 4.63. The van der Waals surface area contributed by atoms with Crippen molar-refractivity contribution in [2.75, 3.05) is 19.7 Å². The van der Waals surface area contributed by atoms with E-state index in [1.165, 1.54) is 5.56 Å². The molecule has 0 bridgehead atoms. The monoisotopic (exact) mass is 325 g/mol. The van der Waals surface area contributed by atoms with E-state index in [1.54, 1.807) is 12.3 Å². The van der Waals surface area contributed by atoms with E-state index in [0.717, 1.165) is 32.4 Å². The third-order valence-electron chi connectivity index (χ3n) is 4.37. The summed E-state index contributed by atoms with van der Waals surface area (Å²) in [6.45, 7) is 3.95. The van der Waals surface area contributed by atoms with E-state index in [1.807, 2.05) is 17.9 Å². The Morgan fingerprint density at radius 3 is 2.92 bits per heavy atom. The van der Waals surface area contributed by atoms with Crippen LogP contribution in [0.3, 0.4) is 0 Å². The van der Waals surface area contributed by atoms with E-state index in [2.05, 4.69) is 34.5 Å². The Labute approximate surface area is 142 Å². The van der Waals surface area contributed by atoms with Crippen molar-refractivity contribution >= 4 is 5.91 Å².